The van der Waals surface area contributed by atoms with E-state index in [2.05, 4.69) is 0 Å². The molecule has 2 aromatic rings. The highest BCUT2D eigenvalue weighted by Crippen LogP contribution is 2.33. The Morgan fingerprint density at radius 3 is 2.19 bits per heavy atom. The number of halogens is 1. The molecule has 8 heteroatoms. The fourth-order valence-electron chi connectivity index (χ4n) is 4.03. The first-order valence-electron chi connectivity index (χ1n) is 10.6. The second-order valence-electron chi connectivity index (χ2n) is 8.18. The first-order valence-corrected chi connectivity index (χ1v) is 12.0. The van der Waals surface area contributed by atoms with Gasteiger partial charge in [0.15, 0.2) is 0 Å². The molecule has 4 rings (SSSR count). The van der Waals surface area contributed by atoms with Crippen molar-refractivity contribution in [1.82, 2.24) is 9.21 Å². The largest absolute Gasteiger partial charge is 0.497 e. The lowest BCUT2D eigenvalue weighted by Crippen LogP contribution is -2.44. The monoisotopic (exact) mass is 446 g/mol. The molecular formula is C23H27FN2O4S. The molecule has 1 aliphatic heterocycles. The van der Waals surface area contributed by atoms with E-state index in [0.29, 0.717) is 19.4 Å². The Morgan fingerprint density at radius 1 is 1.03 bits per heavy atom. The lowest BCUT2D eigenvalue weighted by atomic mass is 9.96. The third-order valence-electron chi connectivity index (χ3n) is 6.04. The van der Waals surface area contributed by atoms with Gasteiger partial charge in [0.05, 0.1) is 12.0 Å². The number of sulfonamides is 1. The van der Waals surface area contributed by atoms with Crippen molar-refractivity contribution < 1.29 is 22.3 Å². The molecule has 0 unspecified atom stereocenters. The summed E-state index contributed by atoms with van der Waals surface area (Å²) in [5.41, 5.74) is 1.05. The van der Waals surface area contributed by atoms with Crippen LogP contribution >= 0.6 is 0 Å². The fourth-order valence-corrected chi connectivity index (χ4v) is 5.50. The molecule has 1 heterocycles. The normalized spacial score (nSPS) is 18.0. The number of piperidine rings is 1. The maximum Gasteiger partial charge on any atom is 0.243 e. The molecule has 6 nitrogen and oxygen atoms in total. The highest BCUT2D eigenvalue weighted by Gasteiger charge is 2.38. The van der Waals surface area contributed by atoms with E-state index in [4.69, 9.17) is 4.74 Å². The summed E-state index contributed by atoms with van der Waals surface area (Å²) in [5.74, 6) is 0.235. The van der Waals surface area contributed by atoms with E-state index in [-0.39, 0.29) is 35.9 Å². The van der Waals surface area contributed by atoms with Gasteiger partial charge in [-0.2, -0.15) is 4.31 Å². The second-order valence-corrected chi connectivity index (χ2v) is 10.1. The van der Waals surface area contributed by atoms with E-state index >= 15 is 0 Å². The molecule has 0 spiro atoms. The Balaban J connectivity index is 1.39. The van der Waals surface area contributed by atoms with Gasteiger partial charge in [-0.3, -0.25) is 4.79 Å². The first-order chi connectivity index (χ1) is 14.9. The van der Waals surface area contributed by atoms with Crippen molar-refractivity contribution in [1.29, 1.82) is 0 Å². The average molecular weight is 447 g/mol. The number of amides is 1. The van der Waals surface area contributed by atoms with Crippen LogP contribution in [0.1, 0.15) is 31.2 Å². The molecule has 0 N–H and O–H groups in total. The summed E-state index contributed by atoms with van der Waals surface area (Å²) in [6, 6.07) is 12.9. The summed E-state index contributed by atoms with van der Waals surface area (Å²) in [7, 11) is -2.05. The van der Waals surface area contributed by atoms with E-state index in [1.54, 1.807) is 7.11 Å². The molecule has 1 saturated carbocycles. The molecule has 2 fully saturated rings. The minimum Gasteiger partial charge on any atom is -0.497 e. The fraction of sp³-hybridized carbons (Fsp3) is 0.435. The van der Waals surface area contributed by atoms with Crippen molar-refractivity contribution in [2.24, 2.45) is 5.92 Å². The SMILES string of the molecule is COc1ccc(CN(C(=O)C2CCN(S(=O)(=O)c3ccc(F)cc3)CC2)C2CC2)cc1. The maximum atomic E-state index is 13.3. The Labute approximate surface area is 182 Å². The number of hydrogen-bond acceptors (Lipinski definition) is 4. The zero-order valence-corrected chi connectivity index (χ0v) is 18.4. The second kappa shape index (κ2) is 8.96. The molecule has 166 valence electrons. The zero-order valence-electron chi connectivity index (χ0n) is 17.5. The summed E-state index contributed by atoms with van der Waals surface area (Å²) in [5, 5.41) is 0. The Hall–Kier alpha value is -2.45. The lowest BCUT2D eigenvalue weighted by Gasteiger charge is -2.34. The van der Waals surface area contributed by atoms with Crippen LogP contribution in [0.3, 0.4) is 0 Å². The predicted octanol–water partition coefficient (Wildman–Crippen LogP) is 3.43. The van der Waals surface area contributed by atoms with Crippen molar-refractivity contribution in [2.75, 3.05) is 20.2 Å². The van der Waals surface area contributed by atoms with Crippen molar-refractivity contribution in [3.05, 3.63) is 59.9 Å². The van der Waals surface area contributed by atoms with Gasteiger partial charge >= 0.3 is 0 Å². The van der Waals surface area contributed by atoms with Gasteiger partial charge in [0.25, 0.3) is 0 Å². The van der Waals surface area contributed by atoms with Gasteiger partial charge in [-0.1, -0.05) is 12.1 Å². The van der Waals surface area contributed by atoms with E-state index in [0.717, 1.165) is 36.3 Å². The molecule has 0 bridgehead atoms. The topological polar surface area (TPSA) is 66.9 Å². The van der Waals surface area contributed by atoms with Crippen molar-refractivity contribution in [3.8, 4) is 5.75 Å². The molecule has 1 saturated heterocycles. The Bertz CT molecular complexity index is 1010. The lowest BCUT2D eigenvalue weighted by molar-refractivity contribution is -0.138. The number of methoxy groups -OCH3 is 1. The van der Waals surface area contributed by atoms with Crippen LogP contribution in [0.15, 0.2) is 53.4 Å². The molecule has 0 aromatic heterocycles. The standard InChI is InChI=1S/C23H27FN2O4S/c1-30-21-8-2-17(3-9-21)16-26(20-6-7-20)23(27)18-12-14-25(15-13-18)31(28,29)22-10-4-19(24)5-11-22/h2-5,8-11,18,20H,6-7,12-16H2,1H3. The zero-order chi connectivity index (χ0) is 22.0. The minimum absolute atomic E-state index is 0.0813. The molecule has 1 aliphatic carbocycles. The Morgan fingerprint density at radius 2 is 1.65 bits per heavy atom. The molecule has 2 aromatic carbocycles. The summed E-state index contributed by atoms with van der Waals surface area (Å²) >= 11 is 0. The van der Waals surface area contributed by atoms with Crippen LogP contribution in [0.2, 0.25) is 0 Å². The third kappa shape index (κ3) is 4.91. The number of benzene rings is 2. The van der Waals surface area contributed by atoms with Crippen LogP contribution in [-0.4, -0.2) is 49.8 Å². The molecule has 0 radical (unpaired) electrons. The Kier molecular flexibility index (Phi) is 6.29. The van der Waals surface area contributed by atoms with E-state index in [1.807, 2.05) is 29.2 Å². The van der Waals surface area contributed by atoms with Gasteiger partial charge in [0.2, 0.25) is 15.9 Å². The van der Waals surface area contributed by atoms with E-state index in [9.17, 15) is 17.6 Å². The van der Waals surface area contributed by atoms with E-state index < -0.39 is 15.8 Å². The number of nitrogens with zero attached hydrogens (tertiary/aromatic N) is 2. The predicted molar refractivity (Wildman–Crippen MR) is 114 cm³/mol. The van der Waals surface area contributed by atoms with Crippen LogP contribution in [-0.2, 0) is 21.4 Å². The van der Waals surface area contributed by atoms with Crippen molar-refractivity contribution in [2.45, 2.75) is 43.2 Å². The van der Waals surface area contributed by atoms with Crippen LogP contribution in [0.4, 0.5) is 4.39 Å². The van der Waals surface area contributed by atoms with E-state index in [1.165, 1.54) is 16.4 Å². The van der Waals surface area contributed by atoms with Gasteiger partial charge in [-0.05, 0) is 67.6 Å². The third-order valence-corrected chi connectivity index (χ3v) is 7.95. The van der Waals surface area contributed by atoms with Crippen molar-refractivity contribution >= 4 is 15.9 Å². The number of rotatable bonds is 7. The summed E-state index contributed by atoms with van der Waals surface area (Å²) in [6.07, 6.45) is 3.01. The van der Waals surface area contributed by atoms with Crippen LogP contribution < -0.4 is 4.74 Å². The summed E-state index contributed by atoms with van der Waals surface area (Å²) in [6.45, 7) is 1.13. The number of hydrogen-bond donors (Lipinski definition) is 0. The van der Waals surface area contributed by atoms with Crippen LogP contribution in [0.5, 0.6) is 5.75 Å². The van der Waals surface area contributed by atoms with Gasteiger partial charge in [-0.15, -0.1) is 0 Å². The number of carbonyl (C=O) groups excluding carboxylic acids is 1. The minimum atomic E-state index is -3.68. The number of ether oxygens (including phenoxy) is 1. The van der Waals surface area contributed by atoms with Crippen LogP contribution in [0.25, 0.3) is 0 Å². The van der Waals surface area contributed by atoms with Gasteiger partial charge in [-0.25, -0.2) is 12.8 Å². The quantitative estimate of drug-likeness (QED) is 0.654. The maximum absolute atomic E-state index is 13.3. The van der Waals surface area contributed by atoms with Gasteiger partial charge in [0, 0.05) is 31.6 Å². The highest BCUT2D eigenvalue weighted by molar-refractivity contribution is 7.89. The molecule has 1 amide bonds. The summed E-state index contributed by atoms with van der Waals surface area (Å²) < 4.78 is 45.4. The first kappa shape index (κ1) is 21.8. The molecular weight excluding hydrogens is 419 g/mol. The average Bonchev–Trinajstić information content (AvgIpc) is 3.63. The van der Waals surface area contributed by atoms with Crippen molar-refractivity contribution in [3.63, 3.8) is 0 Å². The summed E-state index contributed by atoms with van der Waals surface area (Å²) in [4.78, 5) is 15.3. The molecule has 31 heavy (non-hydrogen) atoms. The molecule has 2 aliphatic rings. The number of carbonyl (C=O) groups is 1. The van der Waals surface area contributed by atoms with Gasteiger partial charge < -0.3 is 9.64 Å². The molecule has 0 atom stereocenters. The smallest absolute Gasteiger partial charge is 0.243 e. The highest BCUT2D eigenvalue weighted by atomic mass is 32.2. The van der Waals surface area contributed by atoms with Gasteiger partial charge in [0.1, 0.15) is 11.6 Å². The van der Waals surface area contributed by atoms with Crippen LogP contribution in [0, 0.1) is 11.7 Å².